The number of anilines is 1. The van der Waals surface area contributed by atoms with E-state index in [4.69, 9.17) is 15.6 Å². The van der Waals surface area contributed by atoms with Crippen molar-refractivity contribution in [1.82, 2.24) is 14.5 Å². The van der Waals surface area contributed by atoms with E-state index in [1.807, 2.05) is 0 Å². The number of nitrogens with one attached hydrogen (secondary N) is 1. The van der Waals surface area contributed by atoms with Crippen molar-refractivity contribution in [1.29, 1.82) is 0 Å². The molecule has 21 heavy (non-hydrogen) atoms. The summed E-state index contributed by atoms with van der Waals surface area (Å²) in [4.78, 5) is 30.1. The SMILES string of the molecule is CCOC(=O)c1cc2c(=O)[nH]c(N)nc2n1CC(O)CO. The van der Waals surface area contributed by atoms with Gasteiger partial charge in [0.25, 0.3) is 5.56 Å². The van der Waals surface area contributed by atoms with Crippen molar-refractivity contribution < 1.29 is 19.7 Å². The van der Waals surface area contributed by atoms with E-state index in [9.17, 15) is 14.7 Å². The third-order valence-corrected chi connectivity index (χ3v) is 2.87. The van der Waals surface area contributed by atoms with E-state index in [0.717, 1.165) is 0 Å². The van der Waals surface area contributed by atoms with E-state index in [-0.39, 0.29) is 35.8 Å². The fraction of sp³-hybridized carbons (Fsp3) is 0.417. The fourth-order valence-electron chi connectivity index (χ4n) is 1.98. The Morgan fingerprint density at radius 2 is 2.33 bits per heavy atom. The number of aliphatic hydroxyl groups excluding tert-OH is 2. The van der Waals surface area contributed by atoms with Crippen LogP contribution in [0.5, 0.6) is 0 Å². The van der Waals surface area contributed by atoms with Crippen LogP contribution in [0.4, 0.5) is 5.95 Å². The van der Waals surface area contributed by atoms with E-state index in [1.54, 1.807) is 6.92 Å². The molecule has 1 unspecified atom stereocenters. The van der Waals surface area contributed by atoms with E-state index in [2.05, 4.69) is 9.97 Å². The number of aromatic nitrogens is 3. The Morgan fingerprint density at radius 3 is 2.95 bits per heavy atom. The molecule has 0 aliphatic carbocycles. The van der Waals surface area contributed by atoms with Crippen molar-refractivity contribution in [2.24, 2.45) is 0 Å². The third-order valence-electron chi connectivity index (χ3n) is 2.87. The molecule has 2 rings (SSSR count). The zero-order valence-corrected chi connectivity index (χ0v) is 11.4. The summed E-state index contributed by atoms with van der Waals surface area (Å²) in [6, 6.07) is 1.32. The van der Waals surface area contributed by atoms with Crippen molar-refractivity contribution in [3.63, 3.8) is 0 Å². The molecular formula is C12H16N4O5. The van der Waals surface area contributed by atoms with Crippen LogP contribution in [-0.4, -0.2) is 50.0 Å². The van der Waals surface area contributed by atoms with Crippen LogP contribution in [0, 0.1) is 0 Å². The average Bonchev–Trinajstić information content (AvgIpc) is 2.78. The molecule has 0 amide bonds. The second-order valence-corrected chi connectivity index (χ2v) is 4.39. The van der Waals surface area contributed by atoms with Gasteiger partial charge in [-0.15, -0.1) is 0 Å². The van der Waals surface area contributed by atoms with Gasteiger partial charge in [-0.25, -0.2) is 4.79 Å². The fourth-order valence-corrected chi connectivity index (χ4v) is 1.98. The van der Waals surface area contributed by atoms with Crippen LogP contribution in [0.15, 0.2) is 10.9 Å². The molecule has 114 valence electrons. The third kappa shape index (κ3) is 2.88. The maximum Gasteiger partial charge on any atom is 0.355 e. The topological polar surface area (TPSA) is 143 Å². The number of H-pyrrole nitrogens is 1. The first kappa shape index (κ1) is 15.0. The number of carbonyl (C=O) groups excluding carboxylic acids is 1. The molecule has 0 aromatic carbocycles. The summed E-state index contributed by atoms with van der Waals surface area (Å²) in [6.07, 6.45) is -1.11. The van der Waals surface area contributed by atoms with Gasteiger partial charge in [-0.1, -0.05) is 0 Å². The number of nitrogen functional groups attached to an aromatic ring is 1. The van der Waals surface area contributed by atoms with Gasteiger partial charge in [0, 0.05) is 0 Å². The van der Waals surface area contributed by atoms with Gasteiger partial charge in [0.2, 0.25) is 5.95 Å². The summed E-state index contributed by atoms with van der Waals surface area (Å²) < 4.78 is 6.21. The van der Waals surface area contributed by atoms with Gasteiger partial charge in [-0.3, -0.25) is 9.78 Å². The number of carbonyl (C=O) groups is 1. The summed E-state index contributed by atoms with van der Waals surface area (Å²) >= 11 is 0. The van der Waals surface area contributed by atoms with Crippen molar-refractivity contribution in [3.8, 4) is 0 Å². The molecule has 2 aromatic rings. The number of hydrogen-bond donors (Lipinski definition) is 4. The second-order valence-electron chi connectivity index (χ2n) is 4.39. The molecule has 9 nitrogen and oxygen atoms in total. The van der Waals surface area contributed by atoms with Gasteiger partial charge in [0.05, 0.1) is 31.2 Å². The van der Waals surface area contributed by atoms with Crippen molar-refractivity contribution >= 4 is 23.0 Å². The first-order chi connectivity index (χ1) is 9.97. The van der Waals surface area contributed by atoms with Crippen LogP contribution in [0.25, 0.3) is 11.0 Å². The number of aliphatic hydroxyl groups is 2. The van der Waals surface area contributed by atoms with Gasteiger partial charge in [-0.2, -0.15) is 4.98 Å². The van der Waals surface area contributed by atoms with Crippen LogP contribution in [0.2, 0.25) is 0 Å². The monoisotopic (exact) mass is 296 g/mol. The van der Waals surface area contributed by atoms with Gasteiger partial charge >= 0.3 is 5.97 Å². The maximum atomic E-state index is 11.9. The van der Waals surface area contributed by atoms with E-state index < -0.39 is 24.2 Å². The zero-order chi connectivity index (χ0) is 15.6. The lowest BCUT2D eigenvalue weighted by Crippen LogP contribution is -2.23. The minimum atomic E-state index is -1.11. The zero-order valence-electron chi connectivity index (χ0n) is 11.4. The van der Waals surface area contributed by atoms with E-state index >= 15 is 0 Å². The number of ether oxygens (including phenoxy) is 1. The molecule has 2 heterocycles. The Hall–Kier alpha value is -2.39. The molecule has 2 aromatic heterocycles. The molecule has 0 fully saturated rings. The lowest BCUT2D eigenvalue weighted by molar-refractivity contribution is 0.0499. The summed E-state index contributed by atoms with van der Waals surface area (Å²) in [5, 5.41) is 18.7. The summed E-state index contributed by atoms with van der Waals surface area (Å²) in [5.41, 5.74) is 5.20. The molecule has 0 spiro atoms. The number of nitrogens with two attached hydrogens (primary N) is 1. The highest BCUT2D eigenvalue weighted by Crippen LogP contribution is 2.17. The number of fused-ring (bicyclic) bond motifs is 1. The molecule has 9 heteroatoms. The number of esters is 1. The van der Waals surface area contributed by atoms with Crippen LogP contribution in [0.3, 0.4) is 0 Å². The number of aromatic amines is 1. The van der Waals surface area contributed by atoms with Gasteiger partial charge in [-0.05, 0) is 13.0 Å². The average molecular weight is 296 g/mol. The summed E-state index contributed by atoms with van der Waals surface area (Å²) in [7, 11) is 0. The molecule has 1 atom stereocenters. The second kappa shape index (κ2) is 5.94. The lowest BCUT2D eigenvalue weighted by Gasteiger charge is -2.12. The van der Waals surface area contributed by atoms with Crippen molar-refractivity contribution in [2.45, 2.75) is 19.6 Å². The molecular weight excluding hydrogens is 280 g/mol. The smallest absolute Gasteiger partial charge is 0.355 e. The first-order valence-corrected chi connectivity index (χ1v) is 6.33. The van der Waals surface area contributed by atoms with Gasteiger partial charge < -0.3 is 25.3 Å². The predicted molar refractivity (Wildman–Crippen MR) is 73.8 cm³/mol. The largest absolute Gasteiger partial charge is 0.461 e. The molecule has 0 aliphatic rings. The molecule has 0 saturated carbocycles. The highest BCUT2D eigenvalue weighted by Gasteiger charge is 2.21. The molecule has 5 N–H and O–H groups in total. The van der Waals surface area contributed by atoms with Crippen LogP contribution >= 0.6 is 0 Å². The Morgan fingerprint density at radius 1 is 1.62 bits per heavy atom. The standard InChI is InChI=1S/C12H16N4O5/c1-2-21-11(20)8-3-7-9(14-12(13)15-10(7)19)16(8)4-6(18)5-17/h3,6,17-18H,2,4-5H2,1H3,(H3,13,14,15,19). The Kier molecular flexibility index (Phi) is 4.24. The number of nitrogens with zero attached hydrogens (tertiary/aromatic N) is 2. The van der Waals surface area contributed by atoms with Crippen molar-refractivity contribution in [2.75, 3.05) is 18.9 Å². The summed E-state index contributed by atoms with van der Waals surface area (Å²) in [6.45, 7) is 1.19. The van der Waals surface area contributed by atoms with Crippen LogP contribution < -0.4 is 11.3 Å². The number of hydrogen-bond acceptors (Lipinski definition) is 7. The molecule has 0 bridgehead atoms. The highest BCUT2D eigenvalue weighted by molar-refractivity contribution is 5.94. The van der Waals surface area contributed by atoms with Crippen LogP contribution in [-0.2, 0) is 11.3 Å². The minimum absolute atomic E-state index is 0.0583. The van der Waals surface area contributed by atoms with E-state index in [0.29, 0.717) is 0 Å². The Balaban J connectivity index is 2.65. The molecule has 0 aliphatic heterocycles. The Labute approximate surface area is 119 Å². The minimum Gasteiger partial charge on any atom is -0.461 e. The Bertz CT molecular complexity index is 720. The van der Waals surface area contributed by atoms with Crippen LogP contribution in [0.1, 0.15) is 17.4 Å². The quantitative estimate of drug-likeness (QED) is 0.509. The van der Waals surface area contributed by atoms with Gasteiger partial charge in [0.15, 0.2) is 0 Å². The van der Waals surface area contributed by atoms with E-state index in [1.165, 1.54) is 10.6 Å². The highest BCUT2D eigenvalue weighted by atomic mass is 16.5. The first-order valence-electron chi connectivity index (χ1n) is 6.33. The predicted octanol–water partition coefficient (Wildman–Crippen LogP) is -1.16. The molecule has 0 saturated heterocycles. The number of rotatable bonds is 5. The van der Waals surface area contributed by atoms with Crippen molar-refractivity contribution in [3.05, 3.63) is 22.1 Å². The van der Waals surface area contributed by atoms with Gasteiger partial charge in [0.1, 0.15) is 11.3 Å². The summed E-state index contributed by atoms with van der Waals surface area (Å²) in [5.74, 6) is -0.764. The lowest BCUT2D eigenvalue weighted by atomic mass is 10.3. The molecule has 0 radical (unpaired) electrons. The normalized spacial score (nSPS) is 12.5. The maximum absolute atomic E-state index is 11.9.